The Hall–Kier alpha value is -2.20. The first-order chi connectivity index (χ1) is 11.7. The summed E-state index contributed by atoms with van der Waals surface area (Å²) in [5.41, 5.74) is 3.77. The Morgan fingerprint density at radius 2 is 2.00 bits per heavy atom. The molecule has 132 valence electrons. The van der Waals surface area contributed by atoms with Crippen molar-refractivity contribution < 1.29 is 32.2 Å². The lowest BCUT2D eigenvalue weighted by atomic mass is 10.1. The number of benzene rings is 1. The van der Waals surface area contributed by atoms with Crippen LogP contribution in [0.1, 0.15) is 10.5 Å². The Morgan fingerprint density at radius 3 is 2.64 bits per heavy atom. The number of carbonyl (C=O) groups excluding carboxylic acids is 1. The highest BCUT2D eigenvalue weighted by atomic mass is 79.9. The van der Waals surface area contributed by atoms with E-state index in [4.69, 9.17) is 17.3 Å². The molecule has 0 saturated heterocycles. The molecule has 6 nitrogen and oxygen atoms in total. The molecule has 0 aliphatic carbocycles. The molecule has 0 spiro atoms. The fraction of sp³-hybridized carbons (Fsp3) is 0.143. The van der Waals surface area contributed by atoms with Crippen LogP contribution in [0.25, 0.3) is 11.3 Å². The number of nitrogen functional groups attached to an aromatic ring is 1. The van der Waals surface area contributed by atoms with E-state index >= 15 is 0 Å². The van der Waals surface area contributed by atoms with E-state index in [2.05, 4.69) is 35.1 Å². The Morgan fingerprint density at radius 1 is 1.36 bits per heavy atom. The quantitative estimate of drug-likeness (QED) is 0.713. The van der Waals surface area contributed by atoms with Crippen LogP contribution in [0.5, 0.6) is 11.5 Å². The molecule has 0 amide bonds. The lowest BCUT2D eigenvalue weighted by Crippen LogP contribution is -2.26. The number of fused-ring (bicyclic) bond motifs is 1. The highest BCUT2D eigenvalue weighted by Crippen LogP contribution is 2.51. The average Bonchev–Trinajstić information content (AvgIpc) is 2.89. The Labute approximate surface area is 151 Å². The molecule has 0 atom stereocenters. The molecule has 0 bridgehead atoms. The second kappa shape index (κ2) is 5.95. The number of nitrogens with zero attached hydrogens (tertiary/aromatic N) is 1. The number of ether oxygens (including phenoxy) is 3. The van der Waals surface area contributed by atoms with Crippen molar-refractivity contribution in [1.82, 2.24) is 4.98 Å². The number of esters is 1. The number of nitrogens with two attached hydrogens (primary N) is 1. The number of aromatic nitrogens is 1. The molecule has 0 saturated carbocycles. The van der Waals surface area contributed by atoms with E-state index in [0.29, 0.717) is 0 Å². The molecule has 0 unspecified atom stereocenters. The number of methoxy groups -OCH3 is 1. The molecule has 0 radical (unpaired) electrons. The smallest absolute Gasteiger partial charge is 0.464 e. The third kappa shape index (κ3) is 2.85. The van der Waals surface area contributed by atoms with Gasteiger partial charge in [0, 0.05) is 5.56 Å². The number of hydrogen-bond acceptors (Lipinski definition) is 6. The van der Waals surface area contributed by atoms with Crippen molar-refractivity contribution in [1.29, 1.82) is 0 Å². The molecule has 3 rings (SSSR count). The van der Waals surface area contributed by atoms with Gasteiger partial charge in [-0.05, 0) is 28.1 Å². The Bertz CT molecular complexity index is 910. The highest BCUT2D eigenvalue weighted by Gasteiger charge is 2.46. The van der Waals surface area contributed by atoms with Crippen molar-refractivity contribution in [3.05, 3.63) is 33.1 Å². The molecule has 0 fully saturated rings. The van der Waals surface area contributed by atoms with Crippen LogP contribution >= 0.6 is 27.5 Å². The number of anilines is 1. The molecule has 1 aromatic heterocycles. The molecule has 11 heteroatoms. The first-order valence-electron chi connectivity index (χ1n) is 6.47. The van der Waals surface area contributed by atoms with Gasteiger partial charge < -0.3 is 19.9 Å². The number of halogens is 5. The van der Waals surface area contributed by atoms with Crippen molar-refractivity contribution in [2.45, 2.75) is 6.29 Å². The van der Waals surface area contributed by atoms with Crippen LogP contribution in [-0.4, -0.2) is 24.4 Å². The number of alkyl halides is 2. The number of pyridine rings is 1. The monoisotopic (exact) mass is 438 g/mol. The molecule has 1 aliphatic rings. The van der Waals surface area contributed by atoms with Gasteiger partial charge in [0.15, 0.2) is 23.0 Å². The summed E-state index contributed by atoms with van der Waals surface area (Å²) in [4.78, 5) is 15.5. The van der Waals surface area contributed by atoms with Crippen molar-refractivity contribution in [2.75, 3.05) is 12.8 Å². The van der Waals surface area contributed by atoms with E-state index in [1.54, 1.807) is 0 Å². The van der Waals surface area contributed by atoms with Gasteiger partial charge in [0.05, 0.1) is 22.3 Å². The second-order valence-corrected chi connectivity index (χ2v) is 6.00. The predicted octanol–water partition coefficient (Wildman–Crippen LogP) is 3.99. The summed E-state index contributed by atoms with van der Waals surface area (Å²) in [7, 11) is 1.06. The first kappa shape index (κ1) is 17.6. The van der Waals surface area contributed by atoms with Crippen LogP contribution < -0.4 is 15.2 Å². The van der Waals surface area contributed by atoms with Gasteiger partial charge in [0.2, 0.25) is 0 Å². The van der Waals surface area contributed by atoms with Crippen LogP contribution in [0.2, 0.25) is 5.02 Å². The summed E-state index contributed by atoms with van der Waals surface area (Å²) in [6, 6.07) is 2.57. The SMILES string of the molecule is COC(=O)c1nc(-c2ccc(Br)c3c2OC(F)(F)O3)c(F)c(N)c1Cl. The van der Waals surface area contributed by atoms with Crippen LogP contribution in [0.4, 0.5) is 18.9 Å². The van der Waals surface area contributed by atoms with Crippen molar-refractivity contribution in [2.24, 2.45) is 0 Å². The van der Waals surface area contributed by atoms with Crippen LogP contribution in [0.15, 0.2) is 16.6 Å². The summed E-state index contributed by atoms with van der Waals surface area (Å²) in [6.45, 7) is 0. The molecule has 2 N–H and O–H groups in total. The predicted molar refractivity (Wildman–Crippen MR) is 84.3 cm³/mol. The molecule has 25 heavy (non-hydrogen) atoms. The standard InChI is InChI=1S/C14H7BrClF3N2O4/c1-23-13(22)10-6(16)8(20)7(17)9(21-10)4-2-3-5(15)12-11(4)24-14(18,19)25-12/h2-3H,1H3,(H2,20,21). The summed E-state index contributed by atoms with van der Waals surface area (Å²) in [5, 5.41) is -0.454. The van der Waals surface area contributed by atoms with E-state index < -0.39 is 45.9 Å². The highest BCUT2D eigenvalue weighted by molar-refractivity contribution is 9.10. The van der Waals surface area contributed by atoms with Gasteiger partial charge in [0.25, 0.3) is 0 Å². The van der Waals surface area contributed by atoms with Crippen LogP contribution in [-0.2, 0) is 4.74 Å². The van der Waals surface area contributed by atoms with Gasteiger partial charge in [-0.15, -0.1) is 8.78 Å². The van der Waals surface area contributed by atoms with E-state index in [-0.39, 0.29) is 15.8 Å². The van der Waals surface area contributed by atoms with Crippen molar-refractivity contribution in [3.63, 3.8) is 0 Å². The summed E-state index contributed by atoms with van der Waals surface area (Å²) in [6.07, 6.45) is -3.94. The topological polar surface area (TPSA) is 83.7 Å². The third-order valence-electron chi connectivity index (χ3n) is 3.25. The molecule has 1 aliphatic heterocycles. The number of carbonyl (C=O) groups is 1. The van der Waals surface area contributed by atoms with E-state index in [1.165, 1.54) is 12.1 Å². The third-order valence-corrected chi connectivity index (χ3v) is 4.26. The van der Waals surface area contributed by atoms with Crippen LogP contribution in [0.3, 0.4) is 0 Å². The zero-order chi connectivity index (χ0) is 18.5. The summed E-state index contributed by atoms with van der Waals surface area (Å²) >= 11 is 8.83. The zero-order valence-electron chi connectivity index (χ0n) is 12.2. The van der Waals surface area contributed by atoms with E-state index in [1.807, 2.05) is 0 Å². The van der Waals surface area contributed by atoms with Crippen molar-refractivity contribution in [3.8, 4) is 22.8 Å². The fourth-order valence-electron chi connectivity index (χ4n) is 2.15. The van der Waals surface area contributed by atoms with Crippen LogP contribution in [0, 0.1) is 5.82 Å². The second-order valence-electron chi connectivity index (χ2n) is 4.76. The molecule has 2 aromatic rings. The van der Waals surface area contributed by atoms with Gasteiger partial charge in [-0.3, -0.25) is 0 Å². The molecular formula is C14H7BrClF3N2O4. The van der Waals surface area contributed by atoms with Gasteiger partial charge in [-0.1, -0.05) is 11.6 Å². The van der Waals surface area contributed by atoms with E-state index in [0.717, 1.165) is 7.11 Å². The lowest BCUT2D eigenvalue weighted by molar-refractivity contribution is -0.286. The Kier molecular flexibility index (Phi) is 4.20. The maximum Gasteiger partial charge on any atom is 0.586 e. The average molecular weight is 440 g/mol. The number of rotatable bonds is 2. The van der Waals surface area contributed by atoms with Gasteiger partial charge in [-0.25, -0.2) is 14.2 Å². The molecule has 2 heterocycles. The molecular weight excluding hydrogens is 433 g/mol. The van der Waals surface area contributed by atoms with Gasteiger partial charge >= 0.3 is 12.3 Å². The largest absolute Gasteiger partial charge is 0.586 e. The zero-order valence-corrected chi connectivity index (χ0v) is 14.5. The fourth-order valence-corrected chi connectivity index (χ4v) is 2.75. The minimum atomic E-state index is -3.94. The van der Waals surface area contributed by atoms with E-state index in [9.17, 15) is 18.0 Å². The summed E-state index contributed by atoms with van der Waals surface area (Å²) < 4.78 is 54.8. The Balaban J connectivity index is 2.28. The minimum absolute atomic E-state index is 0.152. The molecule has 1 aromatic carbocycles. The number of hydrogen-bond donors (Lipinski definition) is 1. The van der Waals surface area contributed by atoms with Gasteiger partial charge in [0.1, 0.15) is 5.69 Å². The van der Waals surface area contributed by atoms with Crippen molar-refractivity contribution >= 4 is 39.2 Å². The lowest BCUT2D eigenvalue weighted by Gasteiger charge is -2.12. The summed E-state index contributed by atoms with van der Waals surface area (Å²) in [5.74, 6) is -2.91. The normalized spacial score (nSPS) is 14.5. The minimum Gasteiger partial charge on any atom is -0.464 e. The maximum atomic E-state index is 14.5. The van der Waals surface area contributed by atoms with Gasteiger partial charge in [-0.2, -0.15) is 0 Å². The maximum absolute atomic E-state index is 14.5. The first-order valence-corrected chi connectivity index (χ1v) is 7.65.